The van der Waals surface area contributed by atoms with Crippen LogP contribution >= 0.6 is 11.8 Å². The molecule has 510 valence electrons. The molecular formula is C99H90BN3S. The summed E-state index contributed by atoms with van der Waals surface area (Å²) in [6.07, 6.45) is 0. The summed E-state index contributed by atoms with van der Waals surface area (Å²) in [4.78, 5) is 5.28. The summed E-state index contributed by atoms with van der Waals surface area (Å²) < 4.78 is 5.13. The lowest BCUT2D eigenvalue weighted by Gasteiger charge is -2.44. The summed E-state index contributed by atoms with van der Waals surface area (Å²) in [6.45, 7) is 35.0. The Hall–Kier alpha value is -10.3. The third kappa shape index (κ3) is 10.2. The fourth-order valence-electron chi connectivity index (χ4n) is 17.6. The molecule has 13 aromatic carbocycles. The van der Waals surface area contributed by atoms with Gasteiger partial charge < -0.3 is 14.0 Å². The van der Waals surface area contributed by atoms with Crippen molar-refractivity contribution in [2.75, 3.05) is 4.90 Å². The first-order valence-electron chi connectivity index (χ1n) is 37.4. The van der Waals surface area contributed by atoms with E-state index in [1.807, 2.05) is 11.8 Å². The fourth-order valence-corrected chi connectivity index (χ4v) is 18.9. The molecule has 3 nitrogen and oxygen atoms in total. The molecule has 104 heavy (non-hydrogen) atoms. The Morgan fingerprint density at radius 2 is 0.692 bits per heavy atom. The standard InChI is InChI=1S/C99H90BN3S/c1-94(2,3)64-39-47-84-76(51-64)77-52-65(95(4,5)6)40-48-85(77)101(84)70-43-45-82-88(59-70)103(93-74(61-29-19-16-20-30-61)55-68(98(13,14)15)56-75(93)62-31-21-17-22-32-62)89-57-69(99(63-33-23-18-24-34-63)80-37-27-25-35-72(80)73-36-26-28-38-81(73)99)58-91-92(89)100(82)83-46-44-71(60-90(83)104-91)102-86-49-41-66(96(7,8)9)53-78(86)79-54-67(97(10,11)12)42-50-87(79)102/h16-60H,1-15H3. The van der Waals surface area contributed by atoms with Crippen LogP contribution in [-0.2, 0) is 32.5 Å². The van der Waals surface area contributed by atoms with Gasteiger partial charge in [0.2, 0.25) is 6.71 Å². The number of hydrogen-bond acceptors (Lipinski definition) is 2. The first-order chi connectivity index (χ1) is 49.7. The number of rotatable bonds is 7. The molecule has 15 aromatic rings. The molecule has 0 bridgehead atoms. The molecule has 0 unspecified atom stereocenters. The van der Waals surface area contributed by atoms with Crippen molar-refractivity contribution in [1.82, 2.24) is 9.13 Å². The minimum atomic E-state index is -0.714. The summed E-state index contributed by atoms with van der Waals surface area (Å²) in [5.74, 6) is 0. The number of aromatic nitrogens is 2. The summed E-state index contributed by atoms with van der Waals surface area (Å²) in [6, 6.07) is 107. The molecule has 4 heterocycles. The molecule has 0 radical (unpaired) electrons. The zero-order valence-electron chi connectivity index (χ0n) is 62.8. The second kappa shape index (κ2) is 23.3. The lowest BCUT2D eigenvalue weighted by Crippen LogP contribution is -2.60. The van der Waals surface area contributed by atoms with Gasteiger partial charge in [-0.15, -0.1) is 0 Å². The second-order valence-corrected chi connectivity index (χ2v) is 36.0. The molecule has 0 atom stereocenters. The predicted molar refractivity (Wildman–Crippen MR) is 447 cm³/mol. The van der Waals surface area contributed by atoms with Crippen molar-refractivity contribution >= 4 is 95.5 Å². The Morgan fingerprint density at radius 3 is 1.12 bits per heavy atom. The Labute approximate surface area is 619 Å². The van der Waals surface area contributed by atoms with Gasteiger partial charge in [-0.25, -0.2) is 0 Å². The summed E-state index contributed by atoms with van der Waals surface area (Å²) in [5.41, 5.74) is 32.4. The van der Waals surface area contributed by atoms with E-state index in [9.17, 15) is 0 Å². The van der Waals surface area contributed by atoms with Gasteiger partial charge in [0.25, 0.3) is 0 Å². The Kier molecular flexibility index (Phi) is 14.7. The van der Waals surface area contributed by atoms with Crippen LogP contribution in [0, 0.1) is 0 Å². The van der Waals surface area contributed by atoms with Gasteiger partial charge >= 0.3 is 0 Å². The number of nitrogens with zero attached hydrogens (tertiary/aromatic N) is 3. The second-order valence-electron chi connectivity index (χ2n) is 35.0. The third-order valence-electron chi connectivity index (χ3n) is 23.2. The first-order valence-corrected chi connectivity index (χ1v) is 38.2. The van der Waals surface area contributed by atoms with Crippen molar-refractivity contribution in [2.45, 2.75) is 146 Å². The number of hydrogen-bond donors (Lipinski definition) is 0. The number of fused-ring (bicyclic) bond motifs is 13. The van der Waals surface area contributed by atoms with Crippen LogP contribution in [-0.4, -0.2) is 15.8 Å². The van der Waals surface area contributed by atoms with Crippen molar-refractivity contribution in [2.24, 2.45) is 0 Å². The zero-order chi connectivity index (χ0) is 71.9. The van der Waals surface area contributed by atoms with Gasteiger partial charge in [-0.05, 0) is 207 Å². The number of benzene rings is 13. The van der Waals surface area contributed by atoms with Crippen LogP contribution in [0.4, 0.5) is 17.1 Å². The Bertz CT molecular complexity index is 5780. The molecule has 18 rings (SSSR count). The van der Waals surface area contributed by atoms with E-state index in [2.05, 4.69) is 391 Å². The highest BCUT2D eigenvalue weighted by molar-refractivity contribution is 8.00. The molecule has 2 aromatic heterocycles. The van der Waals surface area contributed by atoms with Crippen molar-refractivity contribution in [3.8, 4) is 44.8 Å². The highest BCUT2D eigenvalue weighted by Crippen LogP contribution is 2.59. The fraction of sp³-hybridized carbons (Fsp3) is 0.212. The first kappa shape index (κ1) is 65.7. The van der Waals surface area contributed by atoms with Gasteiger partial charge in [0.15, 0.2) is 0 Å². The van der Waals surface area contributed by atoms with Gasteiger partial charge in [-0.1, -0.05) is 297 Å². The van der Waals surface area contributed by atoms with Crippen molar-refractivity contribution < 1.29 is 0 Å². The number of anilines is 3. The van der Waals surface area contributed by atoms with Crippen LogP contribution in [0.1, 0.15) is 154 Å². The molecule has 5 heteroatoms. The van der Waals surface area contributed by atoms with E-state index < -0.39 is 5.41 Å². The minimum Gasteiger partial charge on any atom is -0.310 e. The Morgan fingerprint density at radius 1 is 0.298 bits per heavy atom. The van der Waals surface area contributed by atoms with E-state index in [0.29, 0.717) is 0 Å². The van der Waals surface area contributed by atoms with Gasteiger partial charge in [0.1, 0.15) is 0 Å². The van der Waals surface area contributed by atoms with Crippen LogP contribution in [0.25, 0.3) is 88.4 Å². The summed E-state index contributed by atoms with van der Waals surface area (Å²) in [5, 5.41) is 5.12. The predicted octanol–water partition coefficient (Wildman–Crippen LogP) is 24.8. The van der Waals surface area contributed by atoms with Crippen LogP contribution in [0.5, 0.6) is 0 Å². The van der Waals surface area contributed by atoms with Gasteiger partial charge in [-0.3, -0.25) is 0 Å². The van der Waals surface area contributed by atoms with Crippen LogP contribution in [0.15, 0.2) is 283 Å². The molecule has 0 N–H and O–H groups in total. The lowest BCUT2D eigenvalue weighted by atomic mass is 9.34. The quantitative estimate of drug-likeness (QED) is 0.148. The lowest BCUT2D eigenvalue weighted by molar-refractivity contribution is 0.590. The van der Waals surface area contributed by atoms with Gasteiger partial charge in [0, 0.05) is 65.2 Å². The van der Waals surface area contributed by atoms with Crippen molar-refractivity contribution in [3.05, 3.63) is 323 Å². The SMILES string of the molecule is CC(C)(C)c1cc(-c2ccccc2)c(N2c3cc(-n4c5ccc(C(C)(C)C)cc5c5cc(C(C)(C)C)ccc54)ccc3B3c4ccc(-n5c6ccc(C(C)(C)C)cc6c6cc(C(C)(C)C)ccc65)cc4Sc4cc(C5(c6ccccc6)c6ccccc6-c6ccccc65)cc2c43)c(-c2ccccc2)c1. The average molecular weight is 1360 g/mol. The van der Waals surface area contributed by atoms with E-state index in [1.54, 1.807) is 0 Å². The van der Waals surface area contributed by atoms with E-state index in [1.165, 1.54) is 159 Å². The largest absolute Gasteiger partial charge is 0.310 e. The highest BCUT2D eigenvalue weighted by atomic mass is 32.2. The maximum atomic E-state index is 2.76. The molecule has 0 saturated heterocycles. The van der Waals surface area contributed by atoms with Crippen LogP contribution < -0.4 is 21.3 Å². The van der Waals surface area contributed by atoms with E-state index >= 15 is 0 Å². The van der Waals surface area contributed by atoms with E-state index in [4.69, 9.17) is 0 Å². The molecule has 0 saturated carbocycles. The summed E-state index contributed by atoms with van der Waals surface area (Å²) >= 11 is 1.96. The molecule has 0 amide bonds. The minimum absolute atomic E-state index is 0.0238. The maximum Gasteiger partial charge on any atom is 0.249 e. The van der Waals surface area contributed by atoms with Gasteiger partial charge in [-0.2, -0.15) is 0 Å². The third-order valence-corrected chi connectivity index (χ3v) is 24.3. The van der Waals surface area contributed by atoms with Crippen molar-refractivity contribution in [3.63, 3.8) is 0 Å². The topological polar surface area (TPSA) is 13.1 Å². The molecule has 0 spiro atoms. The van der Waals surface area contributed by atoms with Crippen LogP contribution in [0.3, 0.4) is 0 Å². The van der Waals surface area contributed by atoms with Crippen molar-refractivity contribution in [1.29, 1.82) is 0 Å². The molecule has 0 fully saturated rings. The molecule has 3 aliphatic rings. The molecule has 1 aliphatic carbocycles. The Balaban J connectivity index is 0.993. The molecule has 2 aliphatic heterocycles. The zero-order valence-corrected chi connectivity index (χ0v) is 63.6. The maximum absolute atomic E-state index is 2.76. The average Bonchev–Trinajstić information content (AvgIpc) is 1.31. The van der Waals surface area contributed by atoms with E-state index in [-0.39, 0.29) is 33.8 Å². The smallest absolute Gasteiger partial charge is 0.249 e. The van der Waals surface area contributed by atoms with Gasteiger partial charge in [0.05, 0.1) is 33.2 Å². The normalized spacial score (nSPS) is 14.1. The van der Waals surface area contributed by atoms with Crippen LogP contribution in [0.2, 0.25) is 0 Å². The highest BCUT2D eigenvalue weighted by Gasteiger charge is 2.50. The molecular weight excluding hydrogens is 1270 g/mol. The summed E-state index contributed by atoms with van der Waals surface area (Å²) in [7, 11) is 0. The van der Waals surface area contributed by atoms with E-state index in [0.717, 1.165) is 22.7 Å². The monoisotopic (exact) mass is 1360 g/mol.